The van der Waals surface area contributed by atoms with Gasteiger partial charge in [0.1, 0.15) is 5.75 Å². The third-order valence-corrected chi connectivity index (χ3v) is 5.34. The van der Waals surface area contributed by atoms with E-state index in [2.05, 4.69) is 10.3 Å². The van der Waals surface area contributed by atoms with E-state index in [0.717, 1.165) is 16.9 Å². The molecule has 7 nitrogen and oxygen atoms in total. The van der Waals surface area contributed by atoms with Crippen LogP contribution in [0.15, 0.2) is 71.3 Å². The van der Waals surface area contributed by atoms with Crippen LogP contribution in [0.5, 0.6) is 5.75 Å². The van der Waals surface area contributed by atoms with Crippen LogP contribution in [0.2, 0.25) is 0 Å². The van der Waals surface area contributed by atoms with Gasteiger partial charge in [-0.3, -0.25) is 4.98 Å². The molecule has 1 N–H and O–H groups in total. The minimum absolute atomic E-state index is 0.205. The number of hydrogen-bond acceptors (Lipinski definition) is 7. The fourth-order valence-electron chi connectivity index (χ4n) is 3.82. The number of pyridine rings is 1. The lowest BCUT2D eigenvalue weighted by Gasteiger charge is -2.30. The van der Waals surface area contributed by atoms with E-state index in [4.69, 9.17) is 14.2 Å². The zero-order valence-corrected chi connectivity index (χ0v) is 19.7. The first-order valence-corrected chi connectivity index (χ1v) is 10.9. The second-order valence-electron chi connectivity index (χ2n) is 8.11. The summed E-state index contributed by atoms with van der Waals surface area (Å²) < 4.78 is 16.3. The van der Waals surface area contributed by atoms with Crippen molar-refractivity contribution in [1.29, 1.82) is 0 Å². The number of ether oxygens (including phenoxy) is 3. The minimum Gasteiger partial charge on any atom is -0.497 e. The molecule has 0 amide bonds. The van der Waals surface area contributed by atoms with Crippen molar-refractivity contribution >= 4 is 11.9 Å². The van der Waals surface area contributed by atoms with Gasteiger partial charge in [-0.15, -0.1) is 0 Å². The molecule has 1 aromatic carbocycles. The summed E-state index contributed by atoms with van der Waals surface area (Å²) in [6, 6.07) is 11.2. The first-order valence-electron chi connectivity index (χ1n) is 10.9. The molecule has 3 rings (SSSR count). The number of nitrogens with zero attached hydrogens (tertiary/aromatic N) is 1. The van der Waals surface area contributed by atoms with Gasteiger partial charge in [0.2, 0.25) is 0 Å². The number of hydrogen-bond donors (Lipinski definition) is 1. The highest BCUT2D eigenvalue weighted by atomic mass is 16.5. The molecule has 2 heterocycles. The maximum absolute atomic E-state index is 13.2. The Kier molecular flexibility index (Phi) is 7.87. The van der Waals surface area contributed by atoms with Gasteiger partial charge in [-0.1, -0.05) is 18.2 Å². The van der Waals surface area contributed by atoms with E-state index in [-0.39, 0.29) is 12.7 Å². The van der Waals surface area contributed by atoms with Gasteiger partial charge in [0.25, 0.3) is 0 Å². The topological polar surface area (TPSA) is 86.8 Å². The predicted octanol–water partition coefficient (Wildman–Crippen LogP) is 4.06. The zero-order chi connectivity index (χ0) is 24.0. The summed E-state index contributed by atoms with van der Waals surface area (Å²) in [5.41, 5.74) is 3.77. The highest BCUT2D eigenvalue weighted by Crippen LogP contribution is 2.39. The van der Waals surface area contributed by atoms with E-state index >= 15 is 0 Å². The molecule has 2 aromatic rings. The van der Waals surface area contributed by atoms with Gasteiger partial charge in [-0.05, 0) is 57.0 Å². The smallest absolute Gasteiger partial charge is 0.337 e. The van der Waals surface area contributed by atoms with Crippen LogP contribution in [-0.4, -0.2) is 36.7 Å². The molecule has 0 radical (unpaired) electrons. The van der Waals surface area contributed by atoms with Crippen LogP contribution < -0.4 is 10.1 Å². The van der Waals surface area contributed by atoms with Crippen molar-refractivity contribution in [2.75, 3.05) is 13.7 Å². The van der Waals surface area contributed by atoms with E-state index in [1.54, 1.807) is 53.3 Å². The fraction of sp³-hybridized carbons (Fsp3) is 0.346. The first-order chi connectivity index (χ1) is 15.8. The number of carbonyl (C=O) groups excluding carboxylic acids is 2. The Bertz CT molecular complexity index is 1060. The number of dihydropyridines is 1. The lowest BCUT2D eigenvalue weighted by molar-refractivity contribution is -0.143. The highest BCUT2D eigenvalue weighted by Gasteiger charge is 2.38. The summed E-state index contributed by atoms with van der Waals surface area (Å²) >= 11 is 0. The van der Waals surface area contributed by atoms with E-state index < -0.39 is 17.9 Å². The second-order valence-corrected chi connectivity index (χ2v) is 8.11. The molecule has 0 saturated carbocycles. The van der Waals surface area contributed by atoms with Gasteiger partial charge < -0.3 is 19.5 Å². The van der Waals surface area contributed by atoms with E-state index in [1.807, 2.05) is 30.3 Å². The normalized spacial score (nSPS) is 15.9. The van der Waals surface area contributed by atoms with Gasteiger partial charge in [0, 0.05) is 30.2 Å². The number of carbonyl (C=O) groups is 2. The maximum Gasteiger partial charge on any atom is 0.337 e. The quantitative estimate of drug-likeness (QED) is 0.607. The van der Waals surface area contributed by atoms with Crippen molar-refractivity contribution < 1.29 is 23.8 Å². The monoisotopic (exact) mass is 450 g/mol. The van der Waals surface area contributed by atoms with E-state index in [1.165, 1.54) is 0 Å². The molecule has 33 heavy (non-hydrogen) atoms. The number of benzene rings is 1. The van der Waals surface area contributed by atoms with Gasteiger partial charge in [0.05, 0.1) is 36.9 Å². The molecule has 0 saturated heterocycles. The average Bonchev–Trinajstić information content (AvgIpc) is 2.79. The third kappa shape index (κ3) is 5.80. The number of nitrogens with one attached hydrogen (secondary N) is 1. The molecule has 7 heteroatoms. The standard InChI is InChI=1S/C26H30N2O5/c1-16(2)33-26(30)23-18(4)28-17(3)22(24(23)20-7-6-13-27-15-20)25(29)32-14-12-19-8-10-21(31-5)11-9-19/h6-11,13,15-16,24,28H,12,14H2,1-5H3. The van der Waals surface area contributed by atoms with Crippen LogP contribution in [0.1, 0.15) is 44.7 Å². The van der Waals surface area contributed by atoms with Crippen LogP contribution >= 0.6 is 0 Å². The Morgan fingerprint density at radius 1 is 1.03 bits per heavy atom. The largest absolute Gasteiger partial charge is 0.497 e. The van der Waals surface area contributed by atoms with Crippen molar-refractivity contribution in [2.24, 2.45) is 0 Å². The molecular weight excluding hydrogens is 420 g/mol. The molecule has 1 unspecified atom stereocenters. The lowest BCUT2D eigenvalue weighted by atomic mass is 9.81. The van der Waals surface area contributed by atoms with E-state index in [0.29, 0.717) is 29.0 Å². The van der Waals surface area contributed by atoms with Crippen molar-refractivity contribution in [3.8, 4) is 5.75 Å². The lowest BCUT2D eigenvalue weighted by Crippen LogP contribution is -2.33. The minimum atomic E-state index is -0.639. The Morgan fingerprint density at radius 2 is 1.70 bits per heavy atom. The third-order valence-electron chi connectivity index (χ3n) is 5.34. The Hall–Kier alpha value is -3.61. The molecule has 0 spiro atoms. The summed E-state index contributed by atoms with van der Waals surface area (Å²) in [6.07, 6.45) is 3.57. The van der Waals surface area contributed by atoms with Gasteiger partial charge in [-0.25, -0.2) is 9.59 Å². The molecule has 1 atom stereocenters. The molecular formula is C26H30N2O5. The van der Waals surface area contributed by atoms with Gasteiger partial charge in [0.15, 0.2) is 0 Å². The second kappa shape index (κ2) is 10.8. The van der Waals surface area contributed by atoms with Crippen molar-refractivity contribution in [3.05, 3.63) is 82.5 Å². The summed E-state index contributed by atoms with van der Waals surface area (Å²) in [4.78, 5) is 30.4. The van der Waals surface area contributed by atoms with Crippen LogP contribution in [0.3, 0.4) is 0 Å². The zero-order valence-electron chi connectivity index (χ0n) is 19.7. The van der Waals surface area contributed by atoms with E-state index in [9.17, 15) is 9.59 Å². The molecule has 0 fully saturated rings. The molecule has 1 aliphatic rings. The Morgan fingerprint density at radius 3 is 2.27 bits per heavy atom. The summed E-state index contributed by atoms with van der Waals surface area (Å²) in [6.45, 7) is 7.39. The molecule has 0 bridgehead atoms. The number of allylic oxidation sites excluding steroid dienone is 2. The fourth-order valence-corrected chi connectivity index (χ4v) is 3.82. The van der Waals surface area contributed by atoms with Gasteiger partial charge >= 0.3 is 11.9 Å². The SMILES string of the molecule is COc1ccc(CCOC(=O)C2=C(C)NC(C)=C(C(=O)OC(C)C)C2c2cccnc2)cc1. The number of rotatable bonds is 8. The average molecular weight is 451 g/mol. The molecule has 174 valence electrons. The number of esters is 2. The first kappa shape index (κ1) is 24.0. The Balaban J connectivity index is 1.85. The van der Waals surface area contributed by atoms with Crippen LogP contribution in [0.25, 0.3) is 0 Å². The summed E-state index contributed by atoms with van der Waals surface area (Å²) in [5.74, 6) is -0.823. The predicted molar refractivity (Wildman–Crippen MR) is 124 cm³/mol. The number of aromatic nitrogens is 1. The Labute approximate surface area is 194 Å². The van der Waals surface area contributed by atoms with Crippen LogP contribution in [0, 0.1) is 0 Å². The molecule has 0 aliphatic carbocycles. The maximum atomic E-state index is 13.2. The van der Waals surface area contributed by atoms with Crippen molar-refractivity contribution in [2.45, 2.75) is 46.1 Å². The summed E-state index contributed by atoms with van der Waals surface area (Å²) in [5, 5.41) is 3.16. The highest BCUT2D eigenvalue weighted by molar-refractivity contribution is 5.99. The summed E-state index contributed by atoms with van der Waals surface area (Å²) in [7, 11) is 1.62. The van der Waals surface area contributed by atoms with Crippen LogP contribution in [0.4, 0.5) is 0 Å². The van der Waals surface area contributed by atoms with Crippen molar-refractivity contribution in [1.82, 2.24) is 10.3 Å². The molecule has 1 aromatic heterocycles. The number of methoxy groups -OCH3 is 1. The van der Waals surface area contributed by atoms with Crippen LogP contribution in [-0.2, 0) is 25.5 Å². The van der Waals surface area contributed by atoms with Crippen molar-refractivity contribution in [3.63, 3.8) is 0 Å². The molecule has 1 aliphatic heterocycles. The van der Waals surface area contributed by atoms with Gasteiger partial charge in [-0.2, -0.15) is 0 Å².